The van der Waals surface area contributed by atoms with Crippen molar-refractivity contribution in [3.8, 4) is 0 Å². The molecule has 0 aromatic rings. The molecule has 0 saturated carbocycles. The lowest BCUT2D eigenvalue weighted by molar-refractivity contribution is 0.0868. The second-order valence-electron chi connectivity index (χ2n) is 2.75. The quantitative estimate of drug-likeness (QED) is 0.657. The van der Waals surface area contributed by atoms with Crippen molar-refractivity contribution in [2.75, 3.05) is 21.3 Å². The molecule has 0 aliphatic carbocycles. The van der Waals surface area contributed by atoms with E-state index >= 15 is 0 Å². The van der Waals surface area contributed by atoms with E-state index in [-0.39, 0.29) is 6.10 Å². The smallest absolute Gasteiger partial charge is 0.447 e. The molecule has 6 nitrogen and oxygen atoms in total. The highest BCUT2D eigenvalue weighted by Crippen LogP contribution is 2.16. The molecule has 0 aliphatic heterocycles. The molecule has 0 aromatic heterocycles. The van der Waals surface area contributed by atoms with Gasteiger partial charge in [-0.05, 0) is 6.92 Å². The highest BCUT2D eigenvalue weighted by molar-refractivity contribution is 6.60. The molecule has 0 aliphatic rings. The Balaban J connectivity index is 4.21. The molecule has 7 heteroatoms. The van der Waals surface area contributed by atoms with Crippen LogP contribution in [-0.2, 0) is 18.0 Å². The lowest BCUT2D eigenvalue weighted by Crippen LogP contribution is -2.46. The van der Waals surface area contributed by atoms with Crippen molar-refractivity contribution in [1.29, 1.82) is 0 Å². The van der Waals surface area contributed by atoms with Gasteiger partial charge in [-0.3, -0.25) is 0 Å². The Morgan fingerprint density at radius 2 is 1.71 bits per heavy atom. The molecule has 1 atom stereocenters. The molecule has 0 fully saturated rings. The summed E-state index contributed by atoms with van der Waals surface area (Å²) < 4.78 is 20.2. The summed E-state index contributed by atoms with van der Waals surface area (Å²) in [6, 6.07) is 0.374. The molecule has 2 N–H and O–H groups in total. The van der Waals surface area contributed by atoms with Crippen molar-refractivity contribution in [3.63, 3.8) is 0 Å². The fourth-order valence-corrected chi connectivity index (χ4v) is 2.88. The third-order valence-corrected chi connectivity index (χ3v) is 4.73. The topological polar surface area (TPSA) is 80.0 Å². The van der Waals surface area contributed by atoms with Gasteiger partial charge >= 0.3 is 14.9 Å². The van der Waals surface area contributed by atoms with Crippen molar-refractivity contribution in [1.82, 2.24) is 0 Å². The maximum absolute atomic E-state index is 10.5. The summed E-state index contributed by atoms with van der Waals surface area (Å²) in [6.45, 7) is 1.70. The molecule has 0 bridgehead atoms. The van der Waals surface area contributed by atoms with Crippen LogP contribution in [0.3, 0.4) is 0 Å². The third-order valence-electron chi connectivity index (χ3n) is 1.79. The van der Waals surface area contributed by atoms with Crippen LogP contribution >= 0.6 is 0 Å². The summed E-state index contributed by atoms with van der Waals surface area (Å²) in [5.41, 5.74) is 4.87. The molecule has 0 aromatic carbocycles. The fraction of sp³-hybridized carbons (Fsp3) is 0.857. The van der Waals surface area contributed by atoms with E-state index in [1.807, 2.05) is 0 Å². The van der Waals surface area contributed by atoms with Crippen LogP contribution < -0.4 is 5.73 Å². The summed E-state index contributed by atoms with van der Waals surface area (Å²) in [5.74, 6) is 0. The van der Waals surface area contributed by atoms with Gasteiger partial charge in [0.15, 0.2) is 0 Å². The zero-order valence-electron chi connectivity index (χ0n) is 8.90. The lowest BCUT2D eigenvalue weighted by atomic mass is 10.5. The molecule has 0 rings (SSSR count). The van der Waals surface area contributed by atoms with Gasteiger partial charge in [-0.2, -0.15) is 0 Å². The number of rotatable bonds is 6. The number of nitrogens with two attached hydrogens (primary N) is 1. The molecule has 0 radical (unpaired) electrons. The van der Waals surface area contributed by atoms with Crippen LogP contribution in [0.2, 0.25) is 6.04 Å². The van der Waals surface area contributed by atoms with Gasteiger partial charge in [0, 0.05) is 21.3 Å². The van der Waals surface area contributed by atoms with Gasteiger partial charge in [-0.25, -0.2) is 4.79 Å². The van der Waals surface area contributed by atoms with Gasteiger partial charge in [-0.15, -0.1) is 0 Å². The molecule has 14 heavy (non-hydrogen) atoms. The SMILES string of the molecule is CO[Si](CC(C)OC(N)=O)(OC)OC. The number of hydrogen-bond acceptors (Lipinski definition) is 5. The van der Waals surface area contributed by atoms with Crippen molar-refractivity contribution >= 4 is 14.9 Å². The molecule has 0 heterocycles. The standard InChI is InChI=1S/C7H17NO5Si/c1-6(13-7(8)9)5-14(10-2,11-3)12-4/h6H,5H2,1-4H3,(H2,8,9). The van der Waals surface area contributed by atoms with E-state index in [1.54, 1.807) is 6.92 Å². The Labute approximate surface area is 84.6 Å². The maximum atomic E-state index is 10.5. The number of primary amides is 1. The van der Waals surface area contributed by atoms with Gasteiger partial charge in [-0.1, -0.05) is 0 Å². The summed E-state index contributed by atoms with van der Waals surface area (Å²) in [4.78, 5) is 10.5. The minimum atomic E-state index is -2.68. The number of ether oxygens (including phenoxy) is 1. The fourth-order valence-electron chi connectivity index (χ4n) is 1.09. The van der Waals surface area contributed by atoms with Gasteiger partial charge < -0.3 is 23.7 Å². The highest BCUT2D eigenvalue weighted by Gasteiger charge is 2.40. The summed E-state index contributed by atoms with van der Waals surface area (Å²) >= 11 is 0. The summed E-state index contributed by atoms with van der Waals surface area (Å²) in [7, 11) is 1.81. The molecule has 1 unspecified atom stereocenters. The largest absolute Gasteiger partial charge is 0.503 e. The predicted octanol–water partition coefficient (Wildman–Crippen LogP) is 0.348. The zero-order chi connectivity index (χ0) is 11.2. The predicted molar refractivity (Wildman–Crippen MR) is 51.7 cm³/mol. The third kappa shape index (κ3) is 4.05. The first kappa shape index (κ1) is 13.4. The van der Waals surface area contributed by atoms with E-state index in [0.29, 0.717) is 6.04 Å². The molecule has 84 valence electrons. The second-order valence-corrected chi connectivity index (χ2v) is 5.75. The minimum absolute atomic E-state index is 0.374. The van der Waals surface area contributed by atoms with Gasteiger partial charge in [0.2, 0.25) is 0 Å². The summed E-state index contributed by atoms with van der Waals surface area (Å²) in [5, 5.41) is 0. The first-order valence-electron chi connectivity index (χ1n) is 4.11. The van der Waals surface area contributed by atoms with Gasteiger partial charge in [0.05, 0.1) is 6.04 Å². The van der Waals surface area contributed by atoms with Crippen molar-refractivity contribution in [2.45, 2.75) is 19.1 Å². The van der Waals surface area contributed by atoms with Crippen LogP contribution in [-0.4, -0.2) is 42.3 Å². The minimum Gasteiger partial charge on any atom is -0.447 e. The Morgan fingerprint density at radius 3 is 2.00 bits per heavy atom. The van der Waals surface area contributed by atoms with Gasteiger partial charge in [0.1, 0.15) is 6.10 Å². The molecule has 1 amide bonds. The van der Waals surface area contributed by atoms with Gasteiger partial charge in [0.25, 0.3) is 0 Å². The van der Waals surface area contributed by atoms with E-state index in [0.717, 1.165) is 0 Å². The zero-order valence-corrected chi connectivity index (χ0v) is 9.90. The van der Waals surface area contributed by atoms with Crippen LogP contribution in [0.1, 0.15) is 6.92 Å². The van der Waals surface area contributed by atoms with Crippen LogP contribution in [0.4, 0.5) is 4.79 Å². The van der Waals surface area contributed by atoms with E-state index in [1.165, 1.54) is 21.3 Å². The summed E-state index contributed by atoms with van der Waals surface area (Å²) in [6.07, 6.45) is -1.21. The first-order valence-corrected chi connectivity index (χ1v) is 6.04. The average molecular weight is 223 g/mol. The van der Waals surface area contributed by atoms with Crippen LogP contribution in [0, 0.1) is 0 Å². The van der Waals surface area contributed by atoms with E-state index < -0.39 is 14.9 Å². The molecular formula is C7H17NO5Si. The first-order chi connectivity index (χ1) is 6.49. The van der Waals surface area contributed by atoms with E-state index in [9.17, 15) is 4.79 Å². The highest BCUT2D eigenvalue weighted by atomic mass is 28.4. The Kier molecular flexibility index (Phi) is 5.70. The normalized spacial score (nSPS) is 13.7. The molecule has 0 saturated heterocycles. The lowest BCUT2D eigenvalue weighted by Gasteiger charge is -2.26. The maximum Gasteiger partial charge on any atom is 0.503 e. The second kappa shape index (κ2) is 5.97. The average Bonchev–Trinajstić information content (AvgIpc) is 2.13. The number of carbonyl (C=O) groups is 1. The molecular weight excluding hydrogens is 206 g/mol. The number of hydrogen-bond donors (Lipinski definition) is 1. The van der Waals surface area contributed by atoms with Crippen molar-refractivity contribution in [3.05, 3.63) is 0 Å². The van der Waals surface area contributed by atoms with Crippen LogP contribution in [0.15, 0.2) is 0 Å². The monoisotopic (exact) mass is 223 g/mol. The Hall–Kier alpha value is -0.633. The van der Waals surface area contributed by atoms with Crippen molar-refractivity contribution < 1.29 is 22.8 Å². The Morgan fingerprint density at radius 1 is 1.29 bits per heavy atom. The van der Waals surface area contributed by atoms with Crippen LogP contribution in [0.5, 0.6) is 0 Å². The molecule has 0 spiro atoms. The number of amides is 1. The number of carbonyl (C=O) groups excluding carboxylic acids is 1. The van der Waals surface area contributed by atoms with Crippen LogP contribution in [0.25, 0.3) is 0 Å². The van der Waals surface area contributed by atoms with E-state index in [2.05, 4.69) is 0 Å². The van der Waals surface area contributed by atoms with E-state index in [4.69, 9.17) is 23.7 Å². The van der Waals surface area contributed by atoms with Crippen molar-refractivity contribution in [2.24, 2.45) is 5.73 Å². The Bertz CT molecular complexity index is 177.